The molecule has 8 heteroatoms. The highest BCUT2D eigenvalue weighted by atomic mass is 32.2. The van der Waals surface area contributed by atoms with Crippen molar-refractivity contribution in [3.05, 3.63) is 11.3 Å². The molecule has 0 saturated heterocycles. The molecule has 3 N–H and O–H groups in total. The van der Waals surface area contributed by atoms with Crippen LogP contribution < -0.4 is 4.72 Å². The van der Waals surface area contributed by atoms with Crippen LogP contribution in [0.3, 0.4) is 0 Å². The molecule has 0 amide bonds. The van der Waals surface area contributed by atoms with Gasteiger partial charge in [-0.15, -0.1) is 0 Å². The molecule has 0 bridgehead atoms. The largest absolute Gasteiger partial charge is 0.392 e. The Morgan fingerprint density at radius 1 is 1.42 bits per heavy atom. The predicted molar refractivity (Wildman–Crippen MR) is 72.2 cm³/mol. The summed E-state index contributed by atoms with van der Waals surface area (Å²) in [5.41, 5.74) is 0.530. The second-order valence-electron chi connectivity index (χ2n) is 5.32. The van der Waals surface area contributed by atoms with Gasteiger partial charge in [0.05, 0.1) is 6.61 Å². The van der Waals surface area contributed by atoms with E-state index in [1.165, 1.54) is 0 Å². The predicted octanol–water partition coefficient (Wildman–Crippen LogP) is -0.171. The topological polar surface area (TPSA) is 98.3 Å². The molecule has 0 spiro atoms. The number of likely N-dealkylation sites (N-methyl/N-ethyl adjacent to an activating group) is 1. The Morgan fingerprint density at radius 3 is 2.47 bits per heavy atom. The van der Waals surface area contributed by atoms with Crippen LogP contribution in [-0.4, -0.2) is 54.8 Å². The van der Waals surface area contributed by atoms with Crippen LogP contribution in [0.4, 0.5) is 0 Å². The normalized spacial score (nSPS) is 13.2. The number of aliphatic hydroxyl groups excluding tert-OH is 1. The van der Waals surface area contributed by atoms with E-state index in [1.54, 1.807) is 6.92 Å². The zero-order valence-corrected chi connectivity index (χ0v) is 12.8. The van der Waals surface area contributed by atoms with Crippen molar-refractivity contribution in [2.75, 3.05) is 20.6 Å². The van der Waals surface area contributed by atoms with Crippen LogP contribution in [0.5, 0.6) is 0 Å². The van der Waals surface area contributed by atoms with E-state index >= 15 is 0 Å². The Morgan fingerprint density at radius 2 is 2.00 bits per heavy atom. The monoisotopic (exact) mass is 290 g/mol. The molecular weight excluding hydrogens is 268 g/mol. The van der Waals surface area contributed by atoms with Crippen molar-refractivity contribution < 1.29 is 13.5 Å². The summed E-state index contributed by atoms with van der Waals surface area (Å²) in [4.78, 5) is 1.93. The second kappa shape index (κ2) is 5.58. The highest BCUT2D eigenvalue weighted by molar-refractivity contribution is 7.89. The zero-order valence-electron chi connectivity index (χ0n) is 12.0. The van der Waals surface area contributed by atoms with E-state index in [-0.39, 0.29) is 23.7 Å². The van der Waals surface area contributed by atoms with Crippen LogP contribution in [0.2, 0.25) is 0 Å². The second-order valence-corrected chi connectivity index (χ2v) is 7.00. The SMILES string of the molecule is Cc1[nH]nc(S(=O)(=O)NCC(C)(C)N(C)C)c1CO. The first kappa shape index (κ1) is 16.1. The van der Waals surface area contributed by atoms with Crippen molar-refractivity contribution in [3.63, 3.8) is 0 Å². The molecule has 0 aliphatic heterocycles. The maximum atomic E-state index is 12.2. The van der Waals surface area contributed by atoms with Gasteiger partial charge in [-0.05, 0) is 34.9 Å². The number of rotatable bonds is 6. The number of aromatic nitrogens is 2. The summed E-state index contributed by atoms with van der Waals surface area (Å²) in [7, 11) is 0.0343. The van der Waals surface area contributed by atoms with Gasteiger partial charge in [0.25, 0.3) is 10.0 Å². The highest BCUT2D eigenvalue weighted by Crippen LogP contribution is 2.17. The molecule has 0 unspecified atom stereocenters. The van der Waals surface area contributed by atoms with E-state index in [0.717, 1.165) is 0 Å². The fourth-order valence-corrected chi connectivity index (χ4v) is 2.72. The first-order chi connectivity index (χ1) is 8.62. The lowest BCUT2D eigenvalue weighted by molar-refractivity contribution is 0.198. The van der Waals surface area contributed by atoms with Crippen LogP contribution in [0.15, 0.2) is 5.03 Å². The van der Waals surface area contributed by atoms with E-state index in [1.807, 2.05) is 32.8 Å². The third kappa shape index (κ3) is 3.53. The van der Waals surface area contributed by atoms with Crippen molar-refractivity contribution in [3.8, 4) is 0 Å². The van der Waals surface area contributed by atoms with Gasteiger partial charge in [-0.1, -0.05) is 0 Å². The van der Waals surface area contributed by atoms with Crippen LogP contribution >= 0.6 is 0 Å². The molecule has 1 aromatic rings. The maximum absolute atomic E-state index is 12.2. The highest BCUT2D eigenvalue weighted by Gasteiger charge is 2.27. The minimum absolute atomic E-state index is 0.137. The number of aryl methyl sites for hydroxylation is 1. The number of aromatic amines is 1. The van der Waals surface area contributed by atoms with Crippen LogP contribution in [0.1, 0.15) is 25.1 Å². The molecule has 1 rings (SSSR count). The van der Waals surface area contributed by atoms with Gasteiger partial charge in [0, 0.05) is 23.3 Å². The smallest absolute Gasteiger partial charge is 0.260 e. The average Bonchev–Trinajstić information content (AvgIpc) is 2.68. The van der Waals surface area contributed by atoms with E-state index in [9.17, 15) is 13.5 Å². The molecular formula is C11H22N4O3S. The lowest BCUT2D eigenvalue weighted by Crippen LogP contribution is -2.48. The molecule has 1 aromatic heterocycles. The first-order valence-electron chi connectivity index (χ1n) is 5.93. The molecule has 0 radical (unpaired) electrons. The van der Waals surface area contributed by atoms with Crippen LogP contribution in [-0.2, 0) is 16.6 Å². The fraction of sp³-hybridized carbons (Fsp3) is 0.727. The van der Waals surface area contributed by atoms with Gasteiger partial charge >= 0.3 is 0 Å². The lowest BCUT2D eigenvalue weighted by atomic mass is 10.1. The van der Waals surface area contributed by atoms with Gasteiger partial charge in [0.1, 0.15) is 0 Å². The molecule has 0 atom stereocenters. The number of hydrogen-bond donors (Lipinski definition) is 3. The summed E-state index contributed by atoms with van der Waals surface area (Å²) in [6.07, 6.45) is 0. The summed E-state index contributed by atoms with van der Waals surface area (Å²) >= 11 is 0. The third-order valence-corrected chi connectivity index (χ3v) is 4.73. The van der Waals surface area contributed by atoms with Crippen molar-refractivity contribution in [1.82, 2.24) is 19.8 Å². The maximum Gasteiger partial charge on any atom is 0.260 e. The minimum Gasteiger partial charge on any atom is -0.392 e. The number of nitrogens with one attached hydrogen (secondary N) is 2. The fourth-order valence-electron chi connectivity index (χ4n) is 1.34. The van der Waals surface area contributed by atoms with Gasteiger partial charge in [-0.3, -0.25) is 5.10 Å². The standard InChI is InChI=1S/C11H22N4O3S/c1-8-9(6-16)10(14-13-8)19(17,18)12-7-11(2,3)15(4)5/h12,16H,6-7H2,1-5H3,(H,13,14). The molecule has 19 heavy (non-hydrogen) atoms. The number of aliphatic hydroxyl groups is 1. The van der Waals surface area contributed by atoms with Crippen molar-refractivity contribution in [2.45, 2.75) is 37.9 Å². The minimum atomic E-state index is -3.73. The molecule has 7 nitrogen and oxygen atoms in total. The molecule has 0 saturated carbocycles. The van der Waals surface area contributed by atoms with Crippen molar-refractivity contribution >= 4 is 10.0 Å². The number of H-pyrrole nitrogens is 1. The number of nitrogens with zero attached hydrogens (tertiary/aromatic N) is 2. The van der Waals surface area contributed by atoms with E-state index in [4.69, 9.17) is 0 Å². The molecule has 0 aliphatic rings. The van der Waals surface area contributed by atoms with Gasteiger partial charge in [-0.2, -0.15) is 5.10 Å². The van der Waals surface area contributed by atoms with Gasteiger partial charge in [0.2, 0.25) is 0 Å². The Labute approximate surface area is 114 Å². The molecule has 110 valence electrons. The number of hydrogen-bond acceptors (Lipinski definition) is 5. The Kier molecular flexibility index (Phi) is 4.72. The summed E-state index contributed by atoms with van der Waals surface area (Å²) in [6, 6.07) is 0. The summed E-state index contributed by atoms with van der Waals surface area (Å²) in [5.74, 6) is 0. The third-order valence-electron chi connectivity index (χ3n) is 3.35. The summed E-state index contributed by atoms with van der Waals surface area (Å²) in [6.45, 7) is 5.41. The van der Waals surface area contributed by atoms with Gasteiger partial charge in [-0.25, -0.2) is 13.1 Å². The van der Waals surface area contributed by atoms with Gasteiger partial charge < -0.3 is 10.0 Å². The van der Waals surface area contributed by atoms with Gasteiger partial charge in [0.15, 0.2) is 5.03 Å². The molecule has 1 heterocycles. The van der Waals surface area contributed by atoms with E-state index in [0.29, 0.717) is 11.3 Å². The number of sulfonamides is 1. The Balaban J connectivity index is 2.94. The van der Waals surface area contributed by atoms with Crippen molar-refractivity contribution in [2.24, 2.45) is 0 Å². The zero-order chi connectivity index (χ0) is 14.8. The summed E-state index contributed by atoms with van der Waals surface area (Å²) < 4.78 is 26.9. The summed E-state index contributed by atoms with van der Waals surface area (Å²) in [5, 5.41) is 15.4. The molecule has 0 fully saturated rings. The Hall–Kier alpha value is -0.960. The molecule has 0 aromatic carbocycles. The average molecular weight is 290 g/mol. The van der Waals surface area contributed by atoms with E-state index < -0.39 is 10.0 Å². The first-order valence-corrected chi connectivity index (χ1v) is 7.42. The quantitative estimate of drug-likeness (QED) is 0.675. The van der Waals surface area contributed by atoms with Crippen LogP contribution in [0, 0.1) is 6.92 Å². The van der Waals surface area contributed by atoms with E-state index in [2.05, 4.69) is 14.9 Å². The Bertz CT molecular complexity index is 534. The van der Waals surface area contributed by atoms with Crippen molar-refractivity contribution in [1.29, 1.82) is 0 Å². The van der Waals surface area contributed by atoms with Crippen LogP contribution in [0.25, 0.3) is 0 Å². The molecule has 0 aliphatic carbocycles. The lowest BCUT2D eigenvalue weighted by Gasteiger charge is -2.32.